The van der Waals surface area contributed by atoms with Crippen molar-refractivity contribution in [2.24, 2.45) is 0 Å². The van der Waals surface area contributed by atoms with Gasteiger partial charge in [0.05, 0.1) is 35.8 Å². The largest absolute Gasteiger partial charge is 0.497 e. The number of nitrogens with one attached hydrogen (secondary N) is 1. The molecule has 1 heterocycles. The standard InChI is InChI=1S/C20H26N2O7S2/c1-29-17-9-15(13-23)10-19(11-17)30(25,26)21-20-12-18(6-5-16(20)14-24)31(27,28)22-7-3-2-4-8-22/h5-6,9-12,21,23-24H,2-4,7-8,13-14H2,1H3. The molecule has 0 aromatic heterocycles. The van der Waals surface area contributed by atoms with Gasteiger partial charge in [0, 0.05) is 24.7 Å². The lowest BCUT2D eigenvalue weighted by atomic mass is 10.2. The minimum atomic E-state index is -4.16. The number of methoxy groups -OCH3 is 1. The maximum absolute atomic E-state index is 13.0. The minimum Gasteiger partial charge on any atom is -0.497 e. The summed E-state index contributed by atoms with van der Waals surface area (Å²) in [6, 6.07) is 8.05. The van der Waals surface area contributed by atoms with Crippen molar-refractivity contribution in [2.45, 2.75) is 42.3 Å². The van der Waals surface area contributed by atoms with Gasteiger partial charge in [-0.15, -0.1) is 0 Å². The molecule has 3 N–H and O–H groups in total. The van der Waals surface area contributed by atoms with Crippen LogP contribution in [-0.4, -0.2) is 51.6 Å². The van der Waals surface area contributed by atoms with E-state index in [0.29, 0.717) is 18.7 Å². The molecule has 0 radical (unpaired) electrons. The van der Waals surface area contributed by atoms with Gasteiger partial charge >= 0.3 is 0 Å². The fourth-order valence-corrected chi connectivity index (χ4v) is 6.12. The van der Waals surface area contributed by atoms with Gasteiger partial charge in [0.25, 0.3) is 10.0 Å². The number of sulfonamides is 2. The van der Waals surface area contributed by atoms with Crippen molar-refractivity contribution in [2.75, 3.05) is 24.9 Å². The van der Waals surface area contributed by atoms with E-state index in [1.54, 1.807) is 0 Å². The third-order valence-electron chi connectivity index (χ3n) is 5.12. The number of benzene rings is 2. The van der Waals surface area contributed by atoms with Crippen LogP contribution in [0.25, 0.3) is 0 Å². The Hall–Kier alpha value is -2.18. The van der Waals surface area contributed by atoms with E-state index < -0.39 is 26.7 Å². The van der Waals surface area contributed by atoms with Crippen LogP contribution in [0.1, 0.15) is 30.4 Å². The van der Waals surface area contributed by atoms with Gasteiger partial charge in [0.15, 0.2) is 0 Å². The number of nitrogens with zero attached hydrogens (tertiary/aromatic N) is 1. The average Bonchev–Trinajstić information content (AvgIpc) is 2.78. The highest BCUT2D eigenvalue weighted by molar-refractivity contribution is 7.92. The number of anilines is 1. The van der Waals surface area contributed by atoms with Gasteiger partial charge in [0.1, 0.15) is 5.75 Å². The van der Waals surface area contributed by atoms with Crippen molar-refractivity contribution in [1.82, 2.24) is 4.31 Å². The van der Waals surface area contributed by atoms with Crippen molar-refractivity contribution in [1.29, 1.82) is 0 Å². The summed E-state index contributed by atoms with van der Waals surface area (Å²) in [4.78, 5) is -0.213. The SMILES string of the molecule is COc1cc(CO)cc(S(=O)(=O)Nc2cc(S(=O)(=O)N3CCCCC3)ccc2CO)c1. The van der Waals surface area contributed by atoms with Gasteiger partial charge in [-0.1, -0.05) is 12.5 Å². The molecule has 3 rings (SSSR count). The van der Waals surface area contributed by atoms with Gasteiger partial charge in [-0.2, -0.15) is 4.31 Å². The summed E-state index contributed by atoms with van der Waals surface area (Å²) < 4.78 is 60.8. The molecule has 170 valence electrons. The van der Waals surface area contributed by atoms with Crippen LogP contribution in [0.4, 0.5) is 5.69 Å². The monoisotopic (exact) mass is 470 g/mol. The van der Waals surface area contributed by atoms with Gasteiger partial charge in [-0.05, 0) is 42.7 Å². The Morgan fingerprint density at radius 1 is 0.935 bits per heavy atom. The molecule has 1 aliphatic rings. The Morgan fingerprint density at radius 2 is 1.65 bits per heavy atom. The van der Waals surface area contributed by atoms with E-state index in [-0.39, 0.29) is 33.4 Å². The van der Waals surface area contributed by atoms with Crippen LogP contribution in [0.2, 0.25) is 0 Å². The number of aliphatic hydroxyl groups is 2. The first-order valence-corrected chi connectivity index (χ1v) is 12.7. The van der Waals surface area contributed by atoms with Crippen LogP contribution in [0.5, 0.6) is 5.75 Å². The zero-order valence-electron chi connectivity index (χ0n) is 17.1. The molecular weight excluding hydrogens is 444 g/mol. The van der Waals surface area contributed by atoms with E-state index in [1.165, 1.54) is 47.8 Å². The molecule has 2 aromatic rings. The smallest absolute Gasteiger partial charge is 0.262 e. The Bertz CT molecular complexity index is 1120. The molecule has 1 saturated heterocycles. The second kappa shape index (κ2) is 9.53. The molecule has 0 spiro atoms. The Kier molecular flexibility index (Phi) is 7.22. The molecule has 0 aliphatic carbocycles. The summed E-state index contributed by atoms with van der Waals surface area (Å²) in [6.45, 7) is -0.0369. The summed E-state index contributed by atoms with van der Waals surface area (Å²) in [6.07, 6.45) is 2.52. The molecule has 0 amide bonds. The van der Waals surface area contributed by atoms with Crippen LogP contribution < -0.4 is 9.46 Å². The van der Waals surface area contributed by atoms with E-state index in [1.807, 2.05) is 0 Å². The molecule has 2 aromatic carbocycles. The quantitative estimate of drug-likeness (QED) is 0.534. The molecule has 11 heteroatoms. The third-order valence-corrected chi connectivity index (χ3v) is 8.36. The van der Waals surface area contributed by atoms with Gasteiger partial charge in [-0.3, -0.25) is 4.72 Å². The number of aliphatic hydroxyl groups excluding tert-OH is 2. The second-order valence-corrected chi connectivity index (χ2v) is 10.8. The fraction of sp³-hybridized carbons (Fsp3) is 0.400. The van der Waals surface area contributed by atoms with Crippen LogP contribution in [0.15, 0.2) is 46.2 Å². The fourth-order valence-electron chi connectivity index (χ4n) is 3.40. The molecule has 0 bridgehead atoms. The zero-order chi connectivity index (χ0) is 22.6. The lowest BCUT2D eigenvalue weighted by Gasteiger charge is -2.26. The van der Waals surface area contributed by atoms with E-state index in [2.05, 4.69) is 4.72 Å². The van der Waals surface area contributed by atoms with Gasteiger partial charge in [-0.25, -0.2) is 16.8 Å². The Morgan fingerprint density at radius 3 is 2.26 bits per heavy atom. The third kappa shape index (κ3) is 5.18. The number of hydrogen-bond donors (Lipinski definition) is 3. The molecule has 9 nitrogen and oxygen atoms in total. The highest BCUT2D eigenvalue weighted by Gasteiger charge is 2.27. The predicted octanol–water partition coefficient (Wildman–Crippen LogP) is 1.66. The lowest BCUT2D eigenvalue weighted by molar-refractivity contribution is 0.280. The first-order chi connectivity index (χ1) is 14.7. The molecule has 1 aliphatic heterocycles. The van der Waals surface area contributed by atoms with Crippen molar-refractivity contribution < 1.29 is 31.8 Å². The number of hydrogen-bond acceptors (Lipinski definition) is 7. The van der Waals surface area contributed by atoms with E-state index in [4.69, 9.17) is 4.74 Å². The van der Waals surface area contributed by atoms with Crippen LogP contribution in [0.3, 0.4) is 0 Å². The molecule has 0 unspecified atom stereocenters. The second-order valence-electron chi connectivity index (χ2n) is 7.22. The van der Waals surface area contributed by atoms with Gasteiger partial charge in [0.2, 0.25) is 10.0 Å². The van der Waals surface area contributed by atoms with E-state index in [9.17, 15) is 27.0 Å². The number of piperidine rings is 1. The molecule has 1 fully saturated rings. The highest BCUT2D eigenvalue weighted by atomic mass is 32.2. The maximum Gasteiger partial charge on any atom is 0.262 e. The lowest BCUT2D eigenvalue weighted by Crippen LogP contribution is -2.35. The van der Waals surface area contributed by atoms with Crippen molar-refractivity contribution in [3.8, 4) is 5.75 Å². The molecule has 0 saturated carbocycles. The van der Waals surface area contributed by atoms with Crippen molar-refractivity contribution in [3.63, 3.8) is 0 Å². The van der Waals surface area contributed by atoms with Crippen molar-refractivity contribution >= 4 is 25.7 Å². The van der Waals surface area contributed by atoms with E-state index >= 15 is 0 Å². The van der Waals surface area contributed by atoms with Crippen molar-refractivity contribution in [3.05, 3.63) is 47.5 Å². The summed E-state index contributed by atoms with van der Waals surface area (Å²) >= 11 is 0. The number of ether oxygens (including phenoxy) is 1. The first kappa shape index (κ1) is 23.5. The summed E-state index contributed by atoms with van der Waals surface area (Å²) in [5.74, 6) is 0.246. The number of rotatable bonds is 8. The zero-order valence-corrected chi connectivity index (χ0v) is 18.7. The Labute approximate surface area is 182 Å². The van der Waals surface area contributed by atoms with Gasteiger partial charge < -0.3 is 14.9 Å². The summed E-state index contributed by atoms with van der Waals surface area (Å²) in [5.41, 5.74) is 0.531. The minimum absolute atomic E-state index is 0.0334. The summed E-state index contributed by atoms with van der Waals surface area (Å²) in [5, 5.41) is 19.0. The van der Waals surface area contributed by atoms with Crippen LogP contribution in [0, 0.1) is 0 Å². The Balaban J connectivity index is 1.99. The van der Waals surface area contributed by atoms with E-state index in [0.717, 1.165) is 19.3 Å². The topological polar surface area (TPSA) is 133 Å². The maximum atomic E-state index is 13.0. The van der Waals surface area contributed by atoms with Crippen LogP contribution >= 0.6 is 0 Å². The molecular formula is C20H26N2O7S2. The van der Waals surface area contributed by atoms with Crippen LogP contribution in [-0.2, 0) is 33.3 Å². The molecule has 0 atom stereocenters. The summed E-state index contributed by atoms with van der Waals surface area (Å²) in [7, 11) is -6.57. The first-order valence-electron chi connectivity index (χ1n) is 9.77. The normalized spacial score (nSPS) is 15.6. The predicted molar refractivity (Wildman–Crippen MR) is 115 cm³/mol. The molecule has 31 heavy (non-hydrogen) atoms. The highest BCUT2D eigenvalue weighted by Crippen LogP contribution is 2.28. The average molecular weight is 471 g/mol.